The molecule has 0 aliphatic heterocycles. The first-order valence-corrected chi connectivity index (χ1v) is 9.60. The molecule has 0 aliphatic carbocycles. The van der Waals surface area contributed by atoms with Gasteiger partial charge in [-0.3, -0.25) is 0 Å². The van der Waals surface area contributed by atoms with E-state index in [0.717, 1.165) is 11.4 Å². The number of guanidine groups is 1. The van der Waals surface area contributed by atoms with Crippen molar-refractivity contribution in [3.05, 3.63) is 47.8 Å². The van der Waals surface area contributed by atoms with Gasteiger partial charge >= 0.3 is 60.8 Å². The quantitative estimate of drug-likeness (QED) is 0.310. The molecule has 118 valence electrons. The summed E-state index contributed by atoms with van der Waals surface area (Å²) in [6.07, 6.45) is 0. The summed E-state index contributed by atoms with van der Waals surface area (Å²) in [7, 11) is 0. The second kappa shape index (κ2) is 7.74. The van der Waals surface area contributed by atoms with E-state index in [2.05, 4.69) is 15.0 Å². The molecule has 1 aromatic carbocycles. The van der Waals surface area contributed by atoms with Crippen molar-refractivity contribution in [3.63, 3.8) is 0 Å². The van der Waals surface area contributed by atoms with Crippen molar-refractivity contribution >= 4 is 30.4 Å². The number of aromatic nitrogens is 2. The number of benzene rings is 1. The number of aliphatic imine (C=N–C) groups is 1. The van der Waals surface area contributed by atoms with Gasteiger partial charge in [0.05, 0.1) is 0 Å². The topological polar surface area (TPSA) is 148 Å². The molecule has 0 fully saturated rings. The standard InChI is InChI=1S/C7H11N5.C6H7AsO3/c1-4-3-5(2)11-7(10-4)12-6(8)9;8-7(9,10)6-4-2-1-3-5-6/h3H,1-2H3,(H4,8,9,10,11,12);1-5H,(H2,8,9,10). The van der Waals surface area contributed by atoms with Crippen LogP contribution < -0.4 is 15.8 Å². The van der Waals surface area contributed by atoms with Crippen LogP contribution in [-0.2, 0) is 3.74 Å². The van der Waals surface area contributed by atoms with E-state index in [1.807, 2.05) is 19.9 Å². The fraction of sp³-hybridized carbons (Fsp3) is 0.154. The van der Waals surface area contributed by atoms with Crippen LogP contribution in [0.2, 0.25) is 0 Å². The van der Waals surface area contributed by atoms with Crippen molar-refractivity contribution in [2.24, 2.45) is 16.5 Å². The Labute approximate surface area is 130 Å². The third-order valence-corrected chi connectivity index (χ3v) is 4.33. The molecule has 0 amide bonds. The van der Waals surface area contributed by atoms with Crippen LogP contribution in [0, 0.1) is 13.8 Å². The molecule has 0 atom stereocenters. The van der Waals surface area contributed by atoms with Crippen LogP contribution in [0.25, 0.3) is 0 Å². The summed E-state index contributed by atoms with van der Waals surface area (Å²) in [6.45, 7) is 3.72. The van der Waals surface area contributed by atoms with Gasteiger partial charge < -0.3 is 11.5 Å². The zero-order valence-corrected chi connectivity index (χ0v) is 14.1. The molecule has 2 rings (SSSR count). The van der Waals surface area contributed by atoms with E-state index in [-0.39, 0.29) is 10.3 Å². The molecule has 1 heterocycles. The molecular formula is C13H18AsN5O3. The molecule has 0 saturated carbocycles. The third-order valence-electron chi connectivity index (χ3n) is 2.29. The molecule has 0 bridgehead atoms. The first-order chi connectivity index (χ1) is 10.2. The molecule has 22 heavy (non-hydrogen) atoms. The van der Waals surface area contributed by atoms with E-state index < -0.39 is 14.2 Å². The van der Waals surface area contributed by atoms with Crippen molar-refractivity contribution in [2.45, 2.75) is 13.8 Å². The fourth-order valence-corrected chi connectivity index (χ4v) is 2.67. The molecule has 9 heteroatoms. The first kappa shape index (κ1) is 17.9. The van der Waals surface area contributed by atoms with Gasteiger partial charge in [0, 0.05) is 11.4 Å². The van der Waals surface area contributed by atoms with Crippen LogP contribution in [0.5, 0.6) is 0 Å². The third kappa shape index (κ3) is 6.53. The number of nitrogens with two attached hydrogens (primary N) is 2. The summed E-state index contributed by atoms with van der Waals surface area (Å²) in [5.41, 5.74) is 12.0. The monoisotopic (exact) mass is 367 g/mol. The van der Waals surface area contributed by atoms with Crippen LogP contribution in [0.1, 0.15) is 11.4 Å². The fourth-order valence-electron chi connectivity index (χ4n) is 1.49. The normalized spacial score (nSPS) is 10.4. The number of hydrogen-bond donors (Lipinski definition) is 4. The van der Waals surface area contributed by atoms with Gasteiger partial charge in [-0.25, -0.2) is 9.97 Å². The summed E-state index contributed by atoms with van der Waals surface area (Å²) in [4.78, 5) is 11.8. The van der Waals surface area contributed by atoms with Crippen molar-refractivity contribution in [1.82, 2.24) is 9.97 Å². The zero-order valence-electron chi connectivity index (χ0n) is 12.2. The number of hydrogen-bond acceptors (Lipinski definition) is 4. The van der Waals surface area contributed by atoms with E-state index in [9.17, 15) is 3.74 Å². The minimum absolute atomic E-state index is 0.0278. The van der Waals surface area contributed by atoms with E-state index in [1.54, 1.807) is 18.2 Å². The number of nitrogens with zero attached hydrogens (tertiary/aromatic N) is 3. The second-order valence-corrected chi connectivity index (χ2v) is 7.73. The predicted octanol–water partition coefficient (Wildman–Crippen LogP) is -0.754. The number of rotatable bonds is 2. The second-order valence-electron chi connectivity index (χ2n) is 4.37. The average molecular weight is 367 g/mol. The average Bonchev–Trinajstić information content (AvgIpc) is 2.37. The van der Waals surface area contributed by atoms with Crippen molar-refractivity contribution in [1.29, 1.82) is 0 Å². The molecule has 0 saturated heterocycles. The molecule has 0 radical (unpaired) electrons. The van der Waals surface area contributed by atoms with Gasteiger partial charge in [0.25, 0.3) is 5.95 Å². The Morgan fingerprint density at radius 3 is 1.95 bits per heavy atom. The van der Waals surface area contributed by atoms with Gasteiger partial charge in [-0.05, 0) is 19.9 Å². The molecular weight excluding hydrogens is 349 g/mol. The van der Waals surface area contributed by atoms with E-state index >= 15 is 0 Å². The minimum atomic E-state index is -4.60. The molecule has 0 spiro atoms. The maximum atomic E-state index is 10.6. The van der Waals surface area contributed by atoms with Gasteiger partial charge in [0.1, 0.15) is 0 Å². The zero-order chi connectivity index (χ0) is 16.8. The van der Waals surface area contributed by atoms with Crippen LogP contribution in [0.15, 0.2) is 41.4 Å². The van der Waals surface area contributed by atoms with Crippen LogP contribution in [0.3, 0.4) is 0 Å². The van der Waals surface area contributed by atoms with Gasteiger partial charge in [-0.1, -0.05) is 0 Å². The molecule has 1 aromatic heterocycles. The van der Waals surface area contributed by atoms with Gasteiger partial charge in [0.2, 0.25) is 0 Å². The van der Waals surface area contributed by atoms with Crippen molar-refractivity contribution in [3.8, 4) is 0 Å². The van der Waals surface area contributed by atoms with Crippen molar-refractivity contribution < 1.29 is 11.9 Å². The van der Waals surface area contributed by atoms with Gasteiger partial charge in [-0.15, -0.1) is 0 Å². The van der Waals surface area contributed by atoms with E-state index in [1.165, 1.54) is 12.1 Å². The number of aryl methyl sites for hydroxylation is 2. The Morgan fingerprint density at radius 2 is 1.59 bits per heavy atom. The maximum absolute atomic E-state index is 10.6. The Balaban J connectivity index is 0.000000224. The van der Waals surface area contributed by atoms with Crippen LogP contribution >= 0.6 is 0 Å². The van der Waals surface area contributed by atoms with E-state index in [0.29, 0.717) is 5.95 Å². The molecule has 0 aliphatic rings. The van der Waals surface area contributed by atoms with Crippen molar-refractivity contribution in [2.75, 3.05) is 0 Å². The Hall–Kier alpha value is -2.15. The molecule has 2 aromatic rings. The first-order valence-electron chi connectivity index (χ1n) is 6.21. The Kier molecular flexibility index (Phi) is 6.30. The molecule has 6 N–H and O–H groups in total. The summed E-state index contributed by atoms with van der Waals surface area (Å²) in [5, 5.41) is 0. The Morgan fingerprint density at radius 1 is 1.09 bits per heavy atom. The molecule has 0 unspecified atom stereocenters. The Bertz CT molecular complexity index is 676. The van der Waals surface area contributed by atoms with Crippen LogP contribution in [0.4, 0.5) is 5.95 Å². The summed E-state index contributed by atoms with van der Waals surface area (Å²) in [5.74, 6) is 0.285. The summed E-state index contributed by atoms with van der Waals surface area (Å²) < 4.78 is 28.0. The van der Waals surface area contributed by atoms with Gasteiger partial charge in [-0.2, -0.15) is 4.99 Å². The molecule has 8 nitrogen and oxygen atoms in total. The van der Waals surface area contributed by atoms with Gasteiger partial charge in [0.15, 0.2) is 5.96 Å². The summed E-state index contributed by atoms with van der Waals surface area (Å²) >= 11 is -4.60. The SMILES string of the molecule is Cc1cc(C)nc(N=C(N)N)n1.O=[As](O)(O)c1ccccc1. The van der Waals surface area contributed by atoms with E-state index in [4.69, 9.17) is 19.7 Å². The van der Waals surface area contributed by atoms with Crippen LogP contribution in [-0.4, -0.2) is 38.3 Å². The summed E-state index contributed by atoms with van der Waals surface area (Å²) in [6, 6.07) is 9.64. The predicted molar refractivity (Wildman–Crippen MR) is 83.9 cm³/mol.